The number of nitrogens with one attached hydrogen (secondary N) is 1. The molecule has 112 valence electrons. The van der Waals surface area contributed by atoms with E-state index in [0.29, 0.717) is 18.1 Å². The van der Waals surface area contributed by atoms with Gasteiger partial charge < -0.3 is 14.8 Å². The third-order valence-corrected chi connectivity index (χ3v) is 4.44. The Kier molecular flexibility index (Phi) is 4.13. The number of fused-ring (bicyclic) bond motifs is 1. The van der Waals surface area contributed by atoms with Gasteiger partial charge in [-0.15, -0.1) is 0 Å². The predicted octanol–water partition coefficient (Wildman–Crippen LogP) is 3.53. The third-order valence-electron chi connectivity index (χ3n) is 4.44. The fraction of sp³-hybridized carbons (Fsp3) is 0.444. The van der Waals surface area contributed by atoms with Gasteiger partial charge in [-0.05, 0) is 54.9 Å². The highest BCUT2D eigenvalue weighted by Crippen LogP contribution is 2.33. The molecule has 1 heterocycles. The minimum atomic E-state index is 0.349. The van der Waals surface area contributed by atoms with E-state index in [-0.39, 0.29) is 0 Å². The standard InChI is InChI=1S/C18H23NO2/c1-12-8-16(11-21-12)18(19-2)15-5-4-14-10-17(20-3)7-6-13(14)9-15/h4-7,9-10,12,16,18-19H,8,11H2,1-3H3. The molecule has 3 atom stereocenters. The van der Waals surface area contributed by atoms with Crippen molar-refractivity contribution in [2.24, 2.45) is 5.92 Å². The average molecular weight is 285 g/mol. The van der Waals surface area contributed by atoms with Crippen LogP contribution in [0, 0.1) is 5.92 Å². The lowest BCUT2D eigenvalue weighted by molar-refractivity contribution is 0.117. The van der Waals surface area contributed by atoms with E-state index in [1.54, 1.807) is 7.11 Å². The van der Waals surface area contributed by atoms with Gasteiger partial charge in [-0.2, -0.15) is 0 Å². The molecule has 1 aliphatic rings. The third kappa shape index (κ3) is 2.89. The number of hydrogen-bond acceptors (Lipinski definition) is 3. The number of methoxy groups -OCH3 is 1. The minimum Gasteiger partial charge on any atom is -0.497 e. The molecule has 0 amide bonds. The van der Waals surface area contributed by atoms with Crippen molar-refractivity contribution in [2.75, 3.05) is 20.8 Å². The normalized spacial score (nSPS) is 23.4. The van der Waals surface area contributed by atoms with Gasteiger partial charge in [-0.25, -0.2) is 0 Å². The van der Waals surface area contributed by atoms with Gasteiger partial charge in [0.2, 0.25) is 0 Å². The number of benzene rings is 2. The lowest BCUT2D eigenvalue weighted by atomic mass is 9.90. The van der Waals surface area contributed by atoms with E-state index in [1.807, 2.05) is 13.1 Å². The molecule has 0 aromatic heterocycles. The van der Waals surface area contributed by atoms with Gasteiger partial charge >= 0.3 is 0 Å². The van der Waals surface area contributed by atoms with Crippen LogP contribution in [-0.2, 0) is 4.74 Å². The molecular weight excluding hydrogens is 262 g/mol. The Balaban J connectivity index is 1.91. The van der Waals surface area contributed by atoms with Crippen molar-refractivity contribution in [3.05, 3.63) is 42.0 Å². The summed E-state index contributed by atoms with van der Waals surface area (Å²) in [7, 11) is 3.74. The van der Waals surface area contributed by atoms with Gasteiger partial charge in [0.25, 0.3) is 0 Å². The van der Waals surface area contributed by atoms with E-state index < -0.39 is 0 Å². The summed E-state index contributed by atoms with van der Waals surface area (Å²) in [6.45, 7) is 2.99. The molecule has 3 nitrogen and oxygen atoms in total. The monoisotopic (exact) mass is 285 g/mol. The summed E-state index contributed by atoms with van der Waals surface area (Å²) in [4.78, 5) is 0. The predicted molar refractivity (Wildman–Crippen MR) is 85.8 cm³/mol. The van der Waals surface area contributed by atoms with Crippen LogP contribution >= 0.6 is 0 Å². The first-order valence-corrected chi connectivity index (χ1v) is 7.58. The summed E-state index contributed by atoms with van der Waals surface area (Å²) in [6.07, 6.45) is 1.49. The average Bonchev–Trinajstić information content (AvgIpc) is 2.93. The number of hydrogen-bond donors (Lipinski definition) is 1. The Labute approximate surface area is 126 Å². The van der Waals surface area contributed by atoms with Gasteiger partial charge in [0.05, 0.1) is 19.8 Å². The molecule has 0 spiro atoms. The Morgan fingerprint density at radius 1 is 1.19 bits per heavy atom. The summed E-state index contributed by atoms with van der Waals surface area (Å²) in [5.74, 6) is 1.44. The first-order chi connectivity index (χ1) is 10.2. The van der Waals surface area contributed by atoms with E-state index in [9.17, 15) is 0 Å². The van der Waals surface area contributed by atoms with E-state index in [4.69, 9.17) is 9.47 Å². The minimum absolute atomic E-state index is 0.349. The molecule has 1 N–H and O–H groups in total. The molecule has 0 bridgehead atoms. The highest BCUT2D eigenvalue weighted by atomic mass is 16.5. The number of ether oxygens (including phenoxy) is 2. The molecule has 1 aliphatic heterocycles. The lowest BCUT2D eigenvalue weighted by Gasteiger charge is -2.23. The molecule has 21 heavy (non-hydrogen) atoms. The van der Waals surface area contributed by atoms with E-state index in [2.05, 4.69) is 42.6 Å². The SMILES string of the molecule is CNC(c1ccc2cc(OC)ccc2c1)C1COC(C)C1. The van der Waals surface area contributed by atoms with E-state index in [0.717, 1.165) is 18.8 Å². The van der Waals surface area contributed by atoms with Crippen molar-refractivity contribution in [1.29, 1.82) is 0 Å². The van der Waals surface area contributed by atoms with Crippen molar-refractivity contribution >= 4 is 10.8 Å². The summed E-state index contributed by atoms with van der Waals surface area (Å²) >= 11 is 0. The quantitative estimate of drug-likeness (QED) is 0.932. The molecule has 1 saturated heterocycles. The van der Waals surface area contributed by atoms with Crippen LogP contribution in [-0.4, -0.2) is 26.9 Å². The fourth-order valence-corrected chi connectivity index (χ4v) is 3.32. The summed E-state index contributed by atoms with van der Waals surface area (Å²) in [5, 5.41) is 5.93. The van der Waals surface area contributed by atoms with Crippen LogP contribution < -0.4 is 10.1 Å². The van der Waals surface area contributed by atoms with Crippen molar-refractivity contribution in [3.8, 4) is 5.75 Å². The molecule has 1 fully saturated rings. The second-order valence-electron chi connectivity index (χ2n) is 5.88. The lowest BCUT2D eigenvalue weighted by Crippen LogP contribution is -2.25. The van der Waals surface area contributed by atoms with Crippen molar-refractivity contribution in [1.82, 2.24) is 5.32 Å². The molecule has 0 saturated carbocycles. The maximum Gasteiger partial charge on any atom is 0.119 e. The second kappa shape index (κ2) is 6.04. The van der Waals surface area contributed by atoms with Gasteiger partial charge in [-0.1, -0.05) is 18.2 Å². The van der Waals surface area contributed by atoms with Gasteiger partial charge in [0.15, 0.2) is 0 Å². The first kappa shape index (κ1) is 14.4. The Morgan fingerprint density at radius 3 is 2.62 bits per heavy atom. The zero-order chi connectivity index (χ0) is 14.8. The van der Waals surface area contributed by atoms with Gasteiger partial charge in [-0.3, -0.25) is 0 Å². The van der Waals surface area contributed by atoms with Crippen LogP contribution in [0.25, 0.3) is 10.8 Å². The van der Waals surface area contributed by atoms with Gasteiger partial charge in [0, 0.05) is 12.0 Å². The van der Waals surface area contributed by atoms with E-state index in [1.165, 1.54) is 16.3 Å². The molecule has 3 unspecified atom stereocenters. The summed E-state index contributed by atoms with van der Waals surface area (Å²) in [5.41, 5.74) is 1.33. The van der Waals surface area contributed by atoms with Crippen LogP contribution in [0.5, 0.6) is 5.75 Å². The molecule has 3 heteroatoms. The first-order valence-electron chi connectivity index (χ1n) is 7.58. The molecule has 0 aliphatic carbocycles. The maximum atomic E-state index is 5.73. The van der Waals surface area contributed by atoms with Gasteiger partial charge in [0.1, 0.15) is 5.75 Å². The van der Waals surface area contributed by atoms with Crippen LogP contribution in [0.1, 0.15) is 24.9 Å². The molecule has 2 aromatic rings. The topological polar surface area (TPSA) is 30.5 Å². The Hall–Kier alpha value is -1.58. The van der Waals surface area contributed by atoms with Crippen LogP contribution in [0.4, 0.5) is 0 Å². The van der Waals surface area contributed by atoms with Crippen molar-refractivity contribution < 1.29 is 9.47 Å². The van der Waals surface area contributed by atoms with E-state index >= 15 is 0 Å². The molecule has 0 radical (unpaired) electrons. The van der Waals surface area contributed by atoms with Crippen LogP contribution in [0.3, 0.4) is 0 Å². The summed E-state index contributed by atoms with van der Waals surface area (Å²) in [6, 6.07) is 13.2. The Bertz CT molecular complexity index is 626. The van der Waals surface area contributed by atoms with Crippen molar-refractivity contribution in [3.63, 3.8) is 0 Å². The maximum absolute atomic E-state index is 5.73. The summed E-state index contributed by atoms with van der Waals surface area (Å²) < 4.78 is 11.0. The van der Waals surface area contributed by atoms with Crippen LogP contribution in [0.15, 0.2) is 36.4 Å². The Morgan fingerprint density at radius 2 is 1.95 bits per heavy atom. The highest BCUT2D eigenvalue weighted by Gasteiger charge is 2.29. The van der Waals surface area contributed by atoms with Crippen molar-refractivity contribution in [2.45, 2.75) is 25.5 Å². The fourth-order valence-electron chi connectivity index (χ4n) is 3.32. The second-order valence-corrected chi connectivity index (χ2v) is 5.88. The zero-order valence-corrected chi connectivity index (χ0v) is 12.9. The van der Waals surface area contributed by atoms with Crippen LogP contribution in [0.2, 0.25) is 0 Å². The molecular formula is C18H23NO2. The largest absolute Gasteiger partial charge is 0.497 e. The molecule has 3 rings (SSSR count). The highest BCUT2D eigenvalue weighted by molar-refractivity contribution is 5.84. The smallest absolute Gasteiger partial charge is 0.119 e. The molecule has 2 aromatic carbocycles. The number of rotatable bonds is 4. The zero-order valence-electron chi connectivity index (χ0n) is 12.9.